The van der Waals surface area contributed by atoms with Gasteiger partial charge in [0.25, 0.3) is 0 Å². The fraction of sp³-hybridized carbons (Fsp3) is 0.438. The Kier molecular flexibility index (Phi) is 2.96. The Hall–Kier alpha value is -2.37. The second-order valence-corrected chi connectivity index (χ2v) is 7.34. The predicted octanol–water partition coefficient (Wildman–Crippen LogP) is 1.34. The minimum atomic E-state index is -0.0893. The van der Waals surface area contributed by atoms with E-state index >= 15 is 0 Å². The molecule has 3 aliphatic rings. The molecule has 24 heavy (non-hydrogen) atoms. The lowest BCUT2D eigenvalue weighted by Gasteiger charge is -2.20. The number of rotatable bonds is 2. The number of anilines is 1. The number of carbonyl (C=O) groups excluding carboxylic acids is 1. The van der Waals surface area contributed by atoms with Crippen molar-refractivity contribution >= 4 is 32.7 Å². The van der Waals surface area contributed by atoms with Crippen LogP contribution < -0.4 is 15.0 Å². The zero-order valence-electron chi connectivity index (χ0n) is 12.9. The number of hydrogen-bond acceptors (Lipinski definition) is 6. The average Bonchev–Trinajstić information content (AvgIpc) is 3.27. The van der Waals surface area contributed by atoms with Crippen LogP contribution in [0.5, 0.6) is 5.75 Å². The van der Waals surface area contributed by atoms with Gasteiger partial charge in [0.2, 0.25) is 0 Å². The Labute approximate surface area is 142 Å². The van der Waals surface area contributed by atoms with Crippen LogP contribution in [0.4, 0.5) is 9.93 Å². The summed E-state index contributed by atoms with van der Waals surface area (Å²) in [7, 11) is 0. The van der Waals surface area contributed by atoms with Crippen LogP contribution in [-0.4, -0.2) is 54.2 Å². The number of nitriles is 1. The quantitative estimate of drug-likeness (QED) is 0.834. The van der Waals surface area contributed by atoms with E-state index in [1.807, 2.05) is 12.1 Å². The maximum Gasteiger partial charge on any atom is 0.324 e. The maximum absolute atomic E-state index is 12.4. The van der Waals surface area contributed by atoms with Crippen molar-refractivity contribution in [3.8, 4) is 11.8 Å². The van der Waals surface area contributed by atoms with Crippen molar-refractivity contribution in [3.05, 3.63) is 17.7 Å². The summed E-state index contributed by atoms with van der Waals surface area (Å²) in [5.41, 5.74) is 2.09. The molecule has 3 aliphatic heterocycles. The Bertz CT molecular complexity index is 888. The first kappa shape index (κ1) is 14.0. The van der Waals surface area contributed by atoms with Crippen molar-refractivity contribution in [1.82, 2.24) is 15.2 Å². The number of nitrogens with one attached hydrogen (secondary N) is 1. The Morgan fingerprint density at radius 2 is 2.38 bits per heavy atom. The maximum atomic E-state index is 12.4. The number of thiazole rings is 1. The van der Waals surface area contributed by atoms with Gasteiger partial charge in [-0.25, -0.2) is 9.78 Å². The summed E-state index contributed by atoms with van der Waals surface area (Å²) in [6.07, 6.45) is 0.865. The van der Waals surface area contributed by atoms with Crippen LogP contribution in [0.15, 0.2) is 12.1 Å². The summed E-state index contributed by atoms with van der Waals surface area (Å²) >= 11 is 1.54. The van der Waals surface area contributed by atoms with Crippen molar-refractivity contribution < 1.29 is 9.53 Å². The van der Waals surface area contributed by atoms with E-state index < -0.39 is 0 Å². The van der Waals surface area contributed by atoms with Gasteiger partial charge in [-0.3, -0.25) is 9.80 Å². The van der Waals surface area contributed by atoms with E-state index in [4.69, 9.17) is 15.0 Å². The standard InChI is InChI=1S/C16H15N5O2S/c17-4-5-20-7-10-11(8-20)21(15(22)18-10)16-19-14-9-3-6-23-12(9)1-2-13(14)24-16/h1-2,10-11H,3,5-8H2,(H,18,22)/t10-,11+/m0/s1. The first-order chi connectivity index (χ1) is 11.7. The zero-order chi connectivity index (χ0) is 16.3. The van der Waals surface area contributed by atoms with Gasteiger partial charge in [0, 0.05) is 25.1 Å². The predicted molar refractivity (Wildman–Crippen MR) is 89.5 cm³/mol. The zero-order valence-corrected chi connectivity index (χ0v) is 13.7. The summed E-state index contributed by atoms with van der Waals surface area (Å²) < 4.78 is 6.69. The first-order valence-electron chi connectivity index (χ1n) is 7.99. The third-order valence-corrected chi connectivity index (χ3v) is 5.97. The minimum Gasteiger partial charge on any atom is -0.493 e. The SMILES string of the molecule is N#CCN1C[C@@H]2NC(=O)N(c3nc4c5c(ccc4s3)OCC5)[C@@H]2C1. The van der Waals surface area contributed by atoms with E-state index in [9.17, 15) is 4.79 Å². The molecule has 4 heterocycles. The van der Waals surface area contributed by atoms with E-state index in [1.54, 1.807) is 16.2 Å². The molecule has 0 saturated carbocycles. The van der Waals surface area contributed by atoms with Crippen LogP contribution in [0.2, 0.25) is 0 Å². The lowest BCUT2D eigenvalue weighted by molar-refractivity contribution is 0.247. The molecule has 2 saturated heterocycles. The smallest absolute Gasteiger partial charge is 0.324 e. The molecule has 0 aliphatic carbocycles. The van der Waals surface area contributed by atoms with Gasteiger partial charge in [0.05, 0.1) is 41.5 Å². The molecule has 0 spiro atoms. The number of likely N-dealkylation sites (tertiary alicyclic amines) is 1. The fourth-order valence-corrected chi connectivity index (χ4v) is 4.92. The molecule has 8 heteroatoms. The highest BCUT2D eigenvalue weighted by Crippen LogP contribution is 2.39. The molecule has 2 fully saturated rings. The first-order valence-corrected chi connectivity index (χ1v) is 8.80. The summed E-state index contributed by atoms with van der Waals surface area (Å²) in [4.78, 5) is 21.0. The van der Waals surface area contributed by atoms with Gasteiger partial charge in [0.15, 0.2) is 5.13 Å². The molecule has 2 aromatic rings. The van der Waals surface area contributed by atoms with E-state index in [2.05, 4.69) is 16.3 Å². The lowest BCUT2D eigenvalue weighted by atomic mass is 10.1. The third kappa shape index (κ3) is 1.92. The highest BCUT2D eigenvalue weighted by molar-refractivity contribution is 7.22. The number of fused-ring (bicyclic) bond motifs is 4. The van der Waals surface area contributed by atoms with E-state index in [0.29, 0.717) is 26.2 Å². The van der Waals surface area contributed by atoms with Crippen molar-refractivity contribution in [2.24, 2.45) is 0 Å². The fourth-order valence-electron chi connectivity index (χ4n) is 3.87. The minimum absolute atomic E-state index is 0.0377. The second-order valence-electron chi connectivity index (χ2n) is 6.33. The van der Waals surface area contributed by atoms with Crippen LogP contribution in [0, 0.1) is 11.3 Å². The monoisotopic (exact) mass is 341 g/mol. The van der Waals surface area contributed by atoms with E-state index in [-0.39, 0.29) is 18.1 Å². The largest absolute Gasteiger partial charge is 0.493 e. The Morgan fingerprint density at radius 1 is 1.46 bits per heavy atom. The van der Waals surface area contributed by atoms with Crippen molar-refractivity contribution in [3.63, 3.8) is 0 Å². The van der Waals surface area contributed by atoms with Crippen LogP contribution >= 0.6 is 11.3 Å². The summed E-state index contributed by atoms with van der Waals surface area (Å²) in [6.45, 7) is 2.50. The molecule has 5 rings (SSSR count). The molecular formula is C16H15N5O2S. The molecule has 2 atom stereocenters. The van der Waals surface area contributed by atoms with Crippen molar-refractivity contribution in [2.75, 3.05) is 31.1 Å². The number of nitrogens with zero attached hydrogens (tertiary/aromatic N) is 4. The topological polar surface area (TPSA) is 81.5 Å². The van der Waals surface area contributed by atoms with Crippen LogP contribution in [-0.2, 0) is 6.42 Å². The summed E-state index contributed by atoms with van der Waals surface area (Å²) in [5, 5.41) is 12.7. The van der Waals surface area contributed by atoms with Crippen LogP contribution in [0.1, 0.15) is 5.56 Å². The van der Waals surface area contributed by atoms with Gasteiger partial charge in [-0.15, -0.1) is 0 Å². The van der Waals surface area contributed by atoms with Gasteiger partial charge in [-0.2, -0.15) is 5.26 Å². The van der Waals surface area contributed by atoms with Gasteiger partial charge in [-0.05, 0) is 12.1 Å². The van der Waals surface area contributed by atoms with Crippen LogP contribution in [0.25, 0.3) is 10.2 Å². The molecule has 1 aromatic carbocycles. The summed E-state index contributed by atoms with van der Waals surface area (Å²) in [5.74, 6) is 0.907. The molecule has 1 N–H and O–H groups in total. The molecule has 7 nitrogen and oxygen atoms in total. The van der Waals surface area contributed by atoms with Crippen molar-refractivity contribution in [2.45, 2.75) is 18.5 Å². The number of amides is 2. The molecule has 0 radical (unpaired) electrons. The molecule has 1 aromatic heterocycles. The van der Waals surface area contributed by atoms with Gasteiger partial charge in [-0.1, -0.05) is 11.3 Å². The average molecular weight is 341 g/mol. The Balaban J connectivity index is 1.53. The van der Waals surface area contributed by atoms with Gasteiger partial charge < -0.3 is 10.1 Å². The highest BCUT2D eigenvalue weighted by Gasteiger charge is 2.47. The lowest BCUT2D eigenvalue weighted by Crippen LogP contribution is -2.38. The van der Waals surface area contributed by atoms with Crippen molar-refractivity contribution in [1.29, 1.82) is 5.26 Å². The van der Waals surface area contributed by atoms with E-state index in [0.717, 1.165) is 33.1 Å². The number of carbonyl (C=O) groups is 1. The number of aromatic nitrogens is 1. The Morgan fingerprint density at radius 3 is 3.25 bits per heavy atom. The molecule has 122 valence electrons. The molecule has 2 amide bonds. The van der Waals surface area contributed by atoms with Crippen LogP contribution in [0.3, 0.4) is 0 Å². The second kappa shape index (κ2) is 5.06. The third-order valence-electron chi connectivity index (χ3n) is 4.95. The number of benzene rings is 1. The van der Waals surface area contributed by atoms with Gasteiger partial charge >= 0.3 is 6.03 Å². The number of hydrogen-bond donors (Lipinski definition) is 1. The number of ether oxygens (including phenoxy) is 1. The molecule has 0 bridgehead atoms. The van der Waals surface area contributed by atoms with E-state index in [1.165, 1.54) is 0 Å². The summed E-state index contributed by atoms with van der Waals surface area (Å²) in [6, 6.07) is 6.20. The molecular weight excluding hydrogens is 326 g/mol. The normalized spacial score (nSPS) is 25.5. The van der Waals surface area contributed by atoms with Gasteiger partial charge in [0.1, 0.15) is 5.75 Å². The number of urea groups is 1. The highest BCUT2D eigenvalue weighted by atomic mass is 32.1. The molecule has 0 unspecified atom stereocenters.